The third kappa shape index (κ3) is 7.64. The number of methoxy groups -OCH3 is 1. The normalized spacial score (nSPS) is 32.6. The Hall–Kier alpha value is -1.98. The number of carbonyl (C=O) groups is 2. The van der Waals surface area contributed by atoms with Crippen LogP contribution in [0.2, 0.25) is 5.02 Å². The molecule has 1 aromatic carbocycles. The summed E-state index contributed by atoms with van der Waals surface area (Å²) < 4.78 is 25.2. The summed E-state index contributed by atoms with van der Waals surface area (Å²) in [6.07, 6.45) is 12.8. The smallest absolute Gasteiger partial charge is 0.258 e. The molecule has 43 heavy (non-hydrogen) atoms. The van der Waals surface area contributed by atoms with Gasteiger partial charge in [0.15, 0.2) is 6.61 Å². The Morgan fingerprint density at radius 2 is 1.74 bits per heavy atom. The molecule has 6 rings (SSSR count). The Balaban J connectivity index is 1.16. The highest BCUT2D eigenvalue weighted by molar-refractivity contribution is 6.30. The Morgan fingerprint density at radius 3 is 2.37 bits per heavy atom. The second-order valence-corrected chi connectivity index (χ2v) is 13.5. The summed E-state index contributed by atoms with van der Waals surface area (Å²) in [5.74, 6) is -0.896. The Morgan fingerprint density at radius 1 is 1.07 bits per heavy atom. The molecule has 1 aromatic rings. The summed E-state index contributed by atoms with van der Waals surface area (Å²) in [6.45, 7) is 1.28. The number of halogens is 2. The number of hydrogen-bond acceptors (Lipinski definition) is 7. The van der Waals surface area contributed by atoms with E-state index in [1.165, 1.54) is 57.1 Å². The van der Waals surface area contributed by atoms with Gasteiger partial charge in [0, 0.05) is 37.8 Å². The van der Waals surface area contributed by atoms with Gasteiger partial charge in [-0.2, -0.15) is 0 Å². The van der Waals surface area contributed by atoms with Crippen molar-refractivity contribution >= 4 is 23.4 Å². The van der Waals surface area contributed by atoms with Gasteiger partial charge in [0.2, 0.25) is 5.91 Å². The van der Waals surface area contributed by atoms with Crippen molar-refractivity contribution in [1.29, 1.82) is 0 Å². The molecular formula is C32H48ClFN4O5. The minimum Gasteiger partial charge on any atom is -0.484 e. The van der Waals surface area contributed by atoms with Gasteiger partial charge in [-0.15, -0.1) is 0 Å². The van der Waals surface area contributed by atoms with Crippen LogP contribution in [0.5, 0.6) is 5.75 Å². The predicted molar refractivity (Wildman–Crippen MR) is 162 cm³/mol. The lowest BCUT2D eigenvalue weighted by Crippen LogP contribution is -2.73. The van der Waals surface area contributed by atoms with Crippen molar-refractivity contribution in [2.45, 2.75) is 125 Å². The van der Waals surface area contributed by atoms with E-state index in [1.807, 2.05) is 0 Å². The van der Waals surface area contributed by atoms with Crippen LogP contribution in [0.25, 0.3) is 0 Å². The molecule has 0 radical (unpaired) electrons. The second kappa shape index (κ2) is 14.4. The van der Waals surface area contributed by atoms with Gasteiger partial charge in [-0.3, -0.25) is 14.5 Å². The van der Waals surface area contributed by atoms with E-state index in [2.05, 4.69) is 20.9 Å². The van der Waals surface area contributed by atoms with E-state index in [1.54, 1.807) is 7.11 Å². The van der Waals surface area contributed by atoms with Crippen LogP contribution in [0.1, 0.15) is 89.9 Å². The van der Waals surface area contributed by atoms with Crippen molar-refractivity contribution in [2.24, 2.45) is 0 Å². The van der Waals surface area contributed by atoms with Gasteiger partial charge in [-0.1, -0.05) is 56.5 Å². The molecule has 240 valence electrons. The van der Waals surface area contributed by atoms with Crippen LogP contribution in [0.3, 0.4) is 0 Å². The Labute approximate surface area is 259 Å². The number of carbonyl (C=O) groups excluding carboxylic acids is 2. The van der Waals surface area contributed by atoms with E-state index in [-0.39, 0.29) is 35.4 Å². The number of rotatable bonds is 8. The number of nitrogens with one attached hydrogen (secondary N) is 3. The minimum atomic E-state index is -0.816. The van der Waals surface area contributed by atoms with Crippen molar-refractivity contribution in [3.63, 3.8) is 0 Å². The number of fused-ring (bicyclic) bond motifs is 3. The molecular weight excluding hydrogens is 575 g/mol. The van der Waals surface area contributed by atoms with Gasteiger partial charge in [0.1, 0.15) is 23.8 Å². The molecule has 1 aliphatic heterocycles. The highest BCUT2D eigenvalue weighted by Gasteiger charge is 2.56. The molecule has 4 saturated carbocycles. The fourth-order valence-corrected chi connectivity index (χ4v) is 7.92. The number of piperazine rings is 1. The predicted octanol–water partition coefficient (Wildman–Crippen LogP) is 4.05. The van der Waals surface area contributed by atoms with Gasteiger partial charge in [-0.25, -0.2) is 4.39 Å². The van der Waals surface area contributed by atoms with Gasteiger partial charge < -0.3 is 30.5 Å². The second-order valence-electron chi connectivity index (χ2n) is 13.1. The molecule has 2 bridgehead atoms. The van der Waals surface area contributed by atoms with E-state index in [0.717, 1.165) is 32.0 Å². The third-order valence-electron chi connectivity index (χ3n) is 10.3. The minimum absolute atomic E-state index is 0.0196. The van der Waals surface area contributed by atoms with E-state index >= 15 is 0 Å². The van der Waals surface area contributed by atoms with Crippen LogP contribution in [0, 0.1) is 5.82 Å². The van der Waals surface area contributed by atoms with Crippen molar-refractivity contribution in [2.75, 3.05) is 26.8 Å². The molecule has 4 aliphatic carbocycles. The van der Waals surface area contributed by atoms with Crippen LogP contribution >= 0.6 is 11.6 Å². The van der Waals surface area contributed by atoms with Crippen molar-refractivity contribution in [1.82, 2.24) is 20.9 Å². The fourth-order valence-electron chi connectivity index (χ4n) is 7.80. The molecule has 1 heterocycles. The molecule has 11 heteroatoms. The average molecular weight is 623 g/mol. The Bertz CT molecular complexity index is 1110. The maximum atomic E-state index is 13.8. The molecule has 0 spiro atoms. The zero-order valence-electron chi connectivity index (χ0n) is 25.3. The van der Waals surface area contributed by atoms with E-state index in [9.17, 15) is 19.1 Å². The summed E-state index contributed by atoms with van der Waals surface area (Å²) in [5, 5.41) is 20.9. The van der Waals surface area contributed by atoms with Crippen LogP contribution < -0.4 is 20.7 Å². The molecule has 0 aromatic heterocycles. The maximum Gasteiger partial charge on any atom is 0.258 e. The van der Waals surface area contributed by atoms with Gasteiger partial charge >= 0.3 is 0 Å². The maximum absolute atomic E-state index is 13.8. The monoisotopic (exact) mass is 622 g/mol. The lowest BCUT2D eigenvalue weighted by Gasteiger charge is -2.56. The SMILES string of the molecule is COC1C(C(=O)NC23CCC(NC(=O)COc4ccc(Cl)c(F)c4)(CC2)C(O)C3)NCCN1C1CCCCCCCCC1. The molecule has 2 amide bonds. The first kappa shape index (κ1) is 32.4. The Kier molecular flexibility index (Phi) is 10.9. The lowest BCUT2D eigenvalue weighted by atomic mass is 9.59. The first-order chi connectivity index (χ1) is 20.7. The highest BCUT2D eigenvalue weighted by Crippen LogP contribution is 2.47. The van der Waals surface area contributed by atoms with Crippen molar-refractivity contribution in [3.05, 3.63) is 29.0 Å². The van der Waals surface area contributed by atoms with Crippen LogP contribution in [-0.4, -0.2) is 84.1 Å². The molecule has 4 N–H and O–H groups in total. The zero-order chi connectivity index (χ0) is 30.5. The fraction of sp³-hybridized carbons (Fsp3) is 0.750. The van der Waals surface area contributed by atoms with Crippen LogP contribution in [-0.2, 0) is 14.3 Å². The number of nitrogens with zero attached hydrogens (tertiary/aromatic N) is 1. The summed E-state index contributed by atoms with van der Waals surface area (Å²) in [7, 11) is 1.69. The zero-order valence-corrected chi connectivity index (χ0v) is 26.1. The lowest BCUT2D eigenvalue weighted by molar-refractivity contribution is -0.147. The molecule has 1 saturated heterocycles. The topological polar surface area (TPSA) is 112 Å². The number of aliphatic hydroxyl groups is 1. The van der Waals surface area contributed by atoms with E-state index in [0.29, 0.717) is 38.1 Å². The highest BCUT2D eigenvalue weighted by atomic mass is 35.5. The number of ether oxygens (including phenoxy) is 2. The van der Waals surface area contributed by atoms with Crippen molar-refractivity contribution < 1.29 is 28.6 Å². The third-order valence-corrected chi connectivity index (χ3v) is 10.6. The summed E-state index contributed by atoms with van der Waals surface area (Å²) in [4.78, 5) is 29.0. The van der Waals surface area contributed by atoms with Gasteiger partial charge in [0.05, 0.1) is 16.7 Å². The number of amides is 2. The van der Waals surface area contributed by atoms with Crippen LogP contribution in [0.15, 0.2) is 18.2 Å². The van der Waals surface area contributed by atoms with Crippen molar-refractivity contribution in [3.8, 4) is 5.75 Å². The molecule has 5 aliphatic rings. The number of hydrogen-bond donors (Lipinski definition) is 4. The average Bonchev–Trinajstić information content (AvgIpc) is 3.00. The summed E-state index contributed by atoms with van der Waals surface area (Å²) >= 11 is 5.71. The number of benzene rings is 1. The quantitative estimate of drug-likeness (QED) is 0.346. The van der Waals surface area contributed by atoms with E-state index < -0.39 is 29.0 Å². The van der Waals surface area contributed by atoms with Gasteiger partial charge in [-0.05, 0) is 57.1 Å². The van der Waals surface area contributed by atoms with Crippen LogP contribution in [0.4, 0.5) is 4.39 Å². The molecule has 3 atom stereocenters. The van der Waals surface area contributed by atoms with E-state index in [4.69, 9.17) is 21.1 Å². The summed E-state index contributed by atoms with van der Waals surface area (Å²) in [6, 6.07) is 3.92. The largest absolute Gasteiger partial charge is 0.484 e. The standard InChI is InChI=1S/C32H48ClFN4O5/c1-42-30-28(35-17-18-38(30)22-9-7-5-3-2-4-6-8-10-22)29(41)37-31-13-15-32(16-14-31,26(39)20-31)36-27(40)21-43-23-11-12-24(33)25(34)19-23/h11-12,19,22,26,28,30,35,39H,2-10,13-18,20-21H2,1H3,(H,36,40)(H,37,41). The first-order valence-electron chi connectivity index (χ1n) is 16.2. The first-order valence-corrected chi connectivity index (χ1v) is 16.5. The molecule has 9 nitrogen and oxygen atoms in total. The molecule has 5 fully saturated rings. The molecule has 3 unspecified atom stereocenters. The number of aliphatic hydroxyl groups excluding tert-OH is 1. The van der Waals surface area contributed by atoms with Gasteiger partial charge in [0.25, 0.3) is 5.91 Å². The summed E-state index contributed by atoms with van der Waals surface area (Å²) in [5.41, 5.74) is -1.30.